The molecule has 0 atom stereocenters. The summed E-state index contributed by atoms with van der Waals surface area (Å²) in [4.78, 5) is 2.71. The Kier molecular flexibility index (Phi) is 4.97. The lowest BCUT2D eigenvalue weighted by atomic mass is 9.84. The molecule has 0 radical (unpaired) electrons. The van der Waals surface area contributed by atoms with Crippen molar-refractivity contribution in [1.82, 2.24) is 10.2 Å². The second-order valence-corrected chi connectivity index (χ2v) is 7.11. The van der Waals surface area contributed by atoms with Crippen molar-refractivity contribution in [2.75, 3.05) is 26.2 Å². The van der Waals surface area contributed by atoms with Gasteiger partial charge in [0.05, 0.1) is 0 Å². The number of fused-ring (bicyclic) bond motifs is 1. The number of benzene rings is 1. The van der Waals surface area contributed by atoms with Crippen LogP contribution in [0.25, 0.3) is 0 Å². The molecule has 21 heavy (non-hydrogen) atoms. The molecule has 0 amide bonds. The summed E-state index contributed by atoms with van der Waals surface area (Å²) in [5, 5.41) is 3.70. The topological polar surface area (TPSA) is 15.3 Å². The van der Waals surface area contributed by atoms with E-state index in [2.05, 4.69) is 41.4 Å². The van der Waals surface area contributed by atoms with Crippen molar-refractivity contribution in [3.05, 3.63) is 35.4 Å². The molecule has 0 unspecified atom stereocenters. The lowest BCUT2D eigenvalue weighted by Gasteiger charge is -2.38. The number of nitrogens with zero attached hydrogens (tertiary/aromatic N) is 1. The van der Waals surface area contributed by atoms with E-state index in [1.165, 1.54) is 64.7 Å². The van der Waals surface area contributed by atoms with Crippen LogP contribution in [0.1, 0.15) is 50.2 Å². The zero-order valence-electron chi connectivity index (χ0n) is 13.5. The maximum absolute atomic E-state index is 3.70. The van der Waals surface area contributed by atoms with Crippen LogP contribution < -0.4 is 5.32 Å². The molecule has 1 aliphatic carbocycles. The van der Waals surface area contributed by atoms with Gasteiger partial charge in [0.25, 0.3) is 0 Å². The minimum Gasteiger partial charge on any atom is -0.316 e. The molecule has 1 N–H and O–H groups in total. The summed E-state index contributed by atoms with van der Waals surface area (Å²) in [6, 6.07) is 9.00. The van der Waals surface area contributed by atoms with E-state index in [0.29, 0.717) is 5.41 Å². The first-order chi connectivity index (χ1) is 10.3. The zero-order valence-corrected chi connectivity index (χ0v) is 13.5. The standard InChI is InChI=1S/C19H30N2/c1-2-12-20-15-19(10-5-6-11-19)16-21-13-9-17-7-3-4-8-18(17)14-21/h3-4,7-8,20H,2,5-6,9-16H2,1H3. The lowest BCUT2D eigenvalue weighted by molar-refractivity contribution is 0.137. The van der Waals surface area contributed by atoms with Gasteiger partial charge in [0.2, 0.25) is 0 Å². The molecule has 2 nitrogen and oxygen atoms in total. The Morgan fingerprint density at radius 3 is 2.67 bits per heavy atom. The average molecular weight is 286 g/mol. The van der Waals surface area contributed by atoms with Gasteiger partial charge in [0.1, 0.15) is 0 Å². The van der Waals surface area contributed by atoms with Gasteiger partial charge in [-0.15, -0.1) is 0 Å². The molecule has 1 heterocycles. The minimum atomic E-state index is 0.543. The van der Waals surface area contributed by atoms with Gasteiger partial charge in [-0.2, -0.15) is 0 Å². The summed E-state index contributed by atoms with van der Waals surface area (Å²) in [7, 11) is 0. The highest BCUT2D eigenvalue weighted by molar-refractivity contribution is 5.29. The van der Waals surface area contributed by atoms with Crippen LogP contribution in [0, 0.1) is 5.41 Å². The monoisotopic (exact) mass is 286 g/mol. The molecule has 3 rings (SSSR count). The summed E-state index contributed by atoms with van der Waals surface area (Å²) >= 11 is 0. The second-order valence-electron chi connectivity index (χ2n) is 7.11. The Hall–Kier alpha value is -0.860. The third-order valence-corrected chi connectivity index (χ3v) is 5.36. The summed E-state index contributed by atoms with van der Waals surface area (Å²) in [5.41, 5.74) is 3.67. The minimum absolute atomic E-state index is 0.543. The van der Waals surface area contributed by atoms with Crippen LogP contribution in [0.5, 0.6) is 0 Å². The van der Waals surface area contributed by atoms with Crippen molar-refractivity contribution >= 4 is 0 Å². The highest BCUT2D eigenvalue weighted by Crippen LogP contribution is 2.39. The number of nitrogens with one attached hydrogen (secondary N) is 1. The van der Waals surface area contributed by atoms with E-state index in [1.807, 2.05) is 0 Å². The van der Waals surface area contributed by atoms with Crippen molar-refractivity contribution < 1.29 is 0 Å². The molecule has 0 bridgehead atoms. The quantitative estimate of drug-likeness (QED) is 0.804. The van der Waals surface area contributed by atoms with Crippen LogP contribution in [-0.2, 0) is 13.0 Å². The van der Waals surface area contributed by atoms with Crippen molar-refractivity contribution in [2.24, 2.45) is 5.41 Å². The van der Waals surface area contributed by atoms with E-state index in [0.717, 1.165) is 6.54 Å². The second kappa shape index (κ2) is 6.93. The van der Waals surface area contributed by atoms with Gasteiger partial charge in [-0.05, 0) is 48.8 Å². The predicted molar refractivity (Wildman–Crippen MR) is 89.5 cm³/mol. The third kappa shape index (κ3) is 3.67. The van der Waals surface area contributed by atoms with Gasteiger partial charge in [0, 0.05) is 26.2 Å². The Bertz CT molecular complexity index is 449. The molecule has 1 aliphatic heterocycles. The molecule has 1 aromatic rings. The Balaban J connectivity index is 1.61. The number of rotatable bonds is 6. The molecule has 0 spiro atoms. The Morgan fingerprint density at radius 2 is 1.90 bits per heavy atom. The van der Waals surface area contributed by atoms with Crippen LogP contribution >= 0.6 is 0 Å². The van der Waals surface area contributed by atoms with Crippen molar-refractivity contribution in [2.45, 2.75) is 52.0 Å². The molecule has 2 heteroatoms. The summed E-state index contributed by atoms with van der Waals surface area (Å²) in [6.45, 7) is 8.34. The van der Waals surface area contributed by atoms with Crippen LogP contribution in [0.4, 0.5) is 0 Å². The molecule has 2 aliphatic rings. The van der Waals surface area contributed by atoms with E-state index in [1.54, 1.807) is 11.1 Å². The number of hydrogen-bond acceptors (Lipinski definition) is 2. The van der Waals surface area contributed by atoms with Gasteiger partial charge in [-0.3, -0.25) is 4.90 Å². The largest absolute Gasteiger partial charge is 0.316 e. The van der Waals surface area contributed by atoms with Gasteiger partial charge in [-0.25, -0.2) is 0 Å². The smallest absolute Gasteiger partial charge is 0.0236 e. The number of hydrogen-bond donors (Lipinski definition) is 1. The molecule has 0 aromatic heterocycles. The van der Waals surface area contributed by atoms with Crippen LogP contribution in [0.3, 0.4) is 0 Å². The first-order valence-electron chi connectivity index (χ1n) is 8.81. The molecular formula is C19H30N2. The summed E-state index contributed by atoms with van der Waals surface area (Å²) in [6.07, 6.45) is 8.17. The summed E-state index contributed by atoms with van der Waals surface area (Å²) in [5.74, 6) is 0. The third-order valence-electron chi connectivity index (χ3n) is 5.36. The van der Waals surface area contributed by atoms with Crippen LogP contribution in [0.2, 0.25) is 0 Å². The van der Waals surface area contributed by atoms with Gasteiger partial charge >= 0.3 is 0 Å². The SMILES string of the molecule is CCCNCC1(CN2CCc3ccccc3C2)CCCC1. The van der Waals surface area contributed by atoms with E-state index >= 15 is 0 Å². The lowest BCUT2D eigenvalue weighted by Crippen LogP contribution is -2.44. The summed E-state index contributed by atoms with van der Waals surface area (Å²) < 4.78 is 0. The maximum atomic E-state index is 3.70. The molecule has 116 valence electrons. The molecular weight excluding hydrogens is 256 g/mol. The van der Waals surface area contributed by atoms with Crippen molar-refractivity contribution in [3.63, 3.8) is 0 Å². The van der Waals surface area contributed by atoms with E-state index in [4.69, 9.17) is 0 Å². The van der Waals surface area contributed by atoms with Crippen LogP contribution in [-0.4, -0.2) is 31.1 Å². The predicted octanol–water partition coefficient (Wildman–Crippen LogP) is 3.60. The van der Waals surface area contributed by atoms with E-state index in [-0.39, 0.29) is 0 Å². The molecule has 0 saturated heterocycles. The normalized spacial score (nSPS) is 21.4. The molecule has 1 fully saturated rings. The van der Waals surface area contributed by atoms with Crippen LogP contribution in [0.15, 0.2) is 24.3 Å². The fourth-order valence-corrected chi connectivity index (χ4v) is 4.21. The van der Waals surface area contributed by atoms with Gasteiger partial charge < -0.3 is 5.32 Å². The Labute approximate surface area is 129 Å². The highest BCUT2D eigenvalue weighted by Gasteiger charge is 2.35. The molecule has 1 aromatic carbocycles. The van der Waals surface area contributed by atoms with E-state index in [9.17, 15) is 0 Å². The maximum Gasteiger partial charge on any atom is 0.0236 e. The van der Waals surface area contributed by atoms with Gasteiger partial charge in [0.15, 0.2) is 0 Å². The van der Waals surface area contributed by atoms with Gasteiger partial charge in [-0.1, -0.05) is 44.0 Å². The first kappa shape index (κ1) is 15.1. The van der Waals surface area contributed by atoms with Crippen molar-refractivity contribution in [3.8, 4) is 0 Å². The fraction of sp³-hybridized carbons (Fsp3) is 0.684. The highest BCUT2D eigenvalue weighted by atomic mass is 15.1. The fourth-order valence-electron chi connectivity index (χ4n) is 4.21. The zero-order chi connectivity index (χ0) is 14.5. The average Bonchev–Trinajstić information content (AvgIpc) is 2.96. The first-order valence-corrected chi connectivity index (χ1v) is 8.81. The Morgan fingerprint density at radius 1 is 1.14 bits per heavy atom. The van der Waals surface area contributed by atoms with Crippen molar-refractivity contribution in [1.29, 1.82) is 0 Å². The molecule has 1 saturated carbocycles. The van der Waals surface area contributed by atoms with E-state index < -0.39 is 0 Å².